The highest BCUT2D eigenvalue weighted by atomic mass is 16.3. The highest BCUT2D eigenvalue weighted by Crippen LogP contribution is 2.25. The van der Waals surface area contributed by atoms with E-state index < -0.39 is 11.5 Å². The van der Waals surface area contributed by atoms with E-state index in [-0.39, 0.29) is 0 Å². The van der Waals surface area contributed by atoms with E-state index in [9.17, 15) is 9.90 Å². The zero-order valence-electron chi connectivity index (χ0n) is 14.4. The smallest absolute Gasteiger partial charge is 0.250 e. The van der Waals surface area contributed by atoms with Crippen LogP contribution in [0.2, 0.25) is 0 Å². The van der Waals surface area contributed by atoms with Gasteiger partial charge in [-0.1, -0.05) is 30.3 Å². The van der Waals surface area contributed by atoms with Crippen LogP contribution in [-0.2, 0) is 6.54 Å². The Morgan fingerprint density at radius 1 is 1.32 bits per heavy atom. The van der Waals surface area contributed by atoms with Gasteiger partial charge in [0.05, 0.1) is 11.2 Å². The number of carbonyl (C=O) groups excluding carboxylic acids is 1. The number of benzene rings is 1. The van der Waals surface area contributed by atoms with Gasteiger partial charge in [-0.25, -0.2) is 4.98 Å². The van der Waals surface area contributed by atoms with Gasteiger partial charge >= 0.3 is 0 Å². The fourth-order valence-corrected chi connectivity index (χ4v) is 3.33. The van der Waals surface area contributed by atoms with Crippen molar-refractivity contribution in [3.63, 3.8) is 0 Å². The number of hydrogen-bond donors (Lipinski definition) is 2. The van der Waals surface area contributed by atoms with Crippen LogP contribution in [0.25, 0.3) is 0 Å². The molecule has 2 heterocycles. The number of nitrogens with two attached hydrogens (primary N) is 1. The first-order chi connectivity index (χ1) is 12.0. The van der Waals surface area contributed by atoms with E-state index in [0.29, 0.717) is 24.5 Å². The van der Waals surface area contributed by atoms with Gasteiger partial charge < -0.3 is 15.7 Å². The SMILES string of the molecule is CN(CC1(O)CCN(Cc2ccccc2)C1)c1ccc(C(N)=O)cn1. The molecule has 0 radical (unpaired) electrons. The Bertz CT molecular complexity index is 720. The first-order valence-corrected chi connectivity index (χ1v) is 8.41. The van der Waals surface area contributed by atoms with Crippen LogP contribution in [0.3, 0.4) is 0 Å². The predicted molar refractivity (Wildman–Crippen MR) is 97.3 cm³/mol. The van der Waals surface area contributed by atoms with E-state index in [2.05, 4.69) is 22.0 Å². The Hall–Kier alpha value is -2.44. The number of carbonyl (C=O) groups is 1. The van der Waals surface area contributed by atoms with Gasteiger partial charge in [0.15, 0.2) is 0 Å². The van der Waals surface area contributed by atoms with Gasteiger partial charge in [-0.05, 0) is 24.1 Å². The first kappa shape index (κ1) is 17.4. The molecule has 1 saturated heterocycles. The minimum atomic E-state index is -0.770. The van der Waals surface area contributed by atoms with Crippen LogP contribution in [-0.4, -0.2) is 53.2 Å². The van der Waals surface area contributed by atoms with Crippen molar-refractivity contribution in [2.45, 2.75) is 18.6 Å². The molecular weight excluding hydrogens is 316 g/mol. The third-order valence-electron chi connectivity index (χ3n) is 4.62. The van der Waals surface area contributed by atoms with E-state index in [1.807, 2.05) is 30.1 Å². The highest BCUT2D eigenvalue weighted by Gasteiger charge is 2.37. The van der Waals surface area contributed by atoms with Crippen LogP contribution in [0.1, 0.15) is 22.3 Å². The molecule has 1 aliphatic heterocycles. The first-order valence-electron chi connectivity index (χ1n) is 8.41. The summed E-state index contributed by atoms with van der Waals surface area (Å²) in [7, 11) is 1.89. The lowest BCUT2D eigenvalue weighted by molar-refractivity contribution is 0.0561. The molecule has 6 nitrogen and oxygen atoms in total. The van der Waals surface area contributed by atoms with Gasteiger partial charge in [0, 0.05) is 39.4 Å². The van der Waals surface area contributed by atoms with Gasteiger partial charge in [-0.3, -0.25) is 9.69 Å². The molecule has 1 aliphatic rings. The van der Waals surface area contributed by atoms with Crippen LogP contribution < -0.4 is 10.6 Å². The second kappa shape index (κ2) is 7.21. The molecule has 25 heavy (non-hydrogen) atoms. The van der Waals surface area contributed by atoms with Crippen LogP contribution in [0.15, 0.2) is 48.7 Å². The number of likely N-dealkylation sites (tertiary alicyclic amines) is 1. The van der Waals surface area contributed by atoms with E-state index in [1.165, 1.54) is 11.8 Å². The third kappa shape index (κ3) is 4.35. The van der Waals surface area contributed by atoms with Crippen LogP contribution in [0.4, 0.5) is 5.82 Å². The summed E-state index contributed by atoms with van der Waals surface area (Å²) in [6, 6.07) is 13.7. The summed E-state index contributed by atoms with van der Waals surface area (Å²) >= 11 is 0. The maximum absolute atomic E-state index is 11.1. The second-order valence-electron chi connectivity index (χ2n) is 6.80. The van der Waals surface area contributed by atoms with Crippen LogP contribution >= 0.6 is 0 Å². The van der Waals surface area contributed by atoms with E-state index in [0.717, 1.165) is 19.5 Å². The standard InChI is InChI=1S/C19H24N4O2/c1-22(17-8-7-16(11-21-17)18(20)24)13-19(25)9-10-23(14-19)12-15-5-3-2-4-6-15/h2-8,11,25H,9-10,12-14H2,1H3,(H2,20,24). The maximum atomic E-state index is 11.1. The average molecular weight is 340 g/mol. The molecule has 1 aromatic heterocycles. The quantitative estimate of drug-likeness (QED) is 0.827. The van der Waals surface area contributed by atoms with Gasteiger partial charge in [0.1, 0.15) is 5.82 Å². The summed E-state index contributed by atoms with van der Waals surface area (Å²) in [5.41, 5.74) is 6.10. The van der Waals surface area contributed by atoms with Crippen molar-refractivity contribution in [2.75, 3.05) is 31.6 Å². The number of anilines is 1. The molecule has 1 fully saturated rings. The molecule has 0 saturated carbocycles. The van der Waals surface area contributed by atoms with Crippen molar-refractivity contribution < 1.29 is 9.90 Å². The molecule has 132 valence electrons. The number of pyridine rings is 1. The van der Waals surface area contributed by atoms with Crippen LogP contribution in [0, 0.1) is 0 Å². The predicted octanol–water partition coefficient (Wildman–Crippen LogP) is 1.25. The van der Waals surface area contributed by atoms with Crippen molar-refractivity contribution in [2.24, 2.45) is 5.73 Å². The molecular formula is C19H24N4O2. The highest BCUT2D eigenvalue weighted by molar-refractivity contribution is 5.92. The molecule has 1 aromatic carbocycles. The number of amides is 1. The molecule has 6 heteroatoms. The number of hydrogen-bond acceptors (Lipinski definition) is 5. The Morgan fingerprint density at radius 3 is 2.72 bits per heavy atom. The Morgan fingerprint density at radius 2 is 2.08 bits per heavy atom. The zero-order chi connectivity index (χ0) is 17.9. The normalized spacial score (nSPS) is 20.6. The maximum Gasteiger partial charge on any atom is 0.250 e. The number of likely N-dealkylation sites (N-methyl/N-ethyl adjacent to an activating group) is 1. The van der Waals surface area contributed by atoms with E-state index in [4.69, 9.17) is 5.73 Å². The minimum absolute atomic E-state index is 0.380. The van der Waals surface area contributed by atoms with Gasteiger partial charge in [-0.15, -0.1) is 0 Å². The lowest BCUT2D eigenvalue weighted by atomic mass is 10.0. The lowest BCUT2D eigenvalue weighted by Crippen LogP contribution is -2.44. The number of aromatic nitrogens is 1. The number of primary amides is 1. The molecule has 1 amide bonds. The number of β-amino-alcohol motifs (C(OH)–C–C–N with tert-alkyl or cyclic N) is 1. The van der Waals surface area contributed by atoms with Gasteiger partial charge in [0.25, 0.3) is 0 Å². The van der Waals surface area contributed by atoms with Crippen molar-refractivity contribution >= 4 is 11.7 Å². The largest absolute Gasteiger partial charge is 0.387 e. The molecule has 0 spiro atoms. The number of rotatable bonds is 6. The fraction of sp³-hybridized carbons (Fsp3) is 0.368. The monoisotopic (exact) mass is 340 g/mol. The third-order valence-corrected chi connectivity index (χ3v) is 4.62. The second-order valence-corrected chi connectivity index (χ2v) is 6.80. The molecule has 3 N–H and O–H groups in total. The van der Waals surface area contributed by atoms with E-state index >= 15 is 0 Å². The van der Waals surface area contributed by atoms with Gasteiger partial charge in [-0.2, -0.15) is 0 Å². The number of nitrogens with zero attached hydrogens (tertiary/aromatic N) is 3. The molecule has 3 rings (SSSR count). The summed E-state index contributed by atoms with van der Waals surface area (Å²) in [6.07, 6.45) is 2.19. The molecule has 1 atom stereocenters. The summed E-state index contributed by atoms with van der Waals surface area (Å²) in [6.45, 7) is 2.83. The number of aliphatic hydroxyl groups is 1. The summed E-state index contributed by atoms with van der Waals surface area (Å²) < 4.78 is 0. The Labute approximate surface area is 147 Å². The molecule has 1 unspecified atom stereocenters. The van der Waals surface area contributed by atoms with Crippen molar-refractivity contribution in [1.82, 2.24) is 9.88 Å². The summed E-state index contributed by atoms with van der Waals surface area (Å²) in [4.78, 5) is 19.6. The zero-order valence-corrected chi connectivity index (χ0v) is 14.4. The Balaban J connectivity index is 1.59. The Kier molecular flexibility index (Phi) is 5.01. The molecule has 0 aliphatic carbocycles. The van der Waals surface area contributed by atoms with Crippen molar-refractivity contribution in [3.05, 3.63) is 59.8 Å². The summed E-state index contributed by atoms with van der Waals surface area (Å²) in [5.74, 6) is 0.215. The van der Waals surface area contributed by atoms with E-state index in [1.54, 1.807) is 12.1 Å². The lowest BCUT2D eigenvalue weighted by Gasteiger charge is -2.29. The molecule has 2 aromatic rings. The topological polar surface area (TPSA) is 82.7 Å². The fourth-order valence-electron chi connectivity index (χ4n) is 3.33. The summed E-state index contributed by atoms with van der Waals surface area (Å²) in [5, 5.41) is 10.9. The van der Waals surface area contributed by atoms with Gasteiger partial charge in [0.2, 0.25) is 5.91 Å². The van der Waals surface area contributed by atoms with Crippen molar-refractivity contribution in [3.8, 4) is 0 Å². The van der Waals surface area contributed by atoms with Crippen molar-refractivity contribution in [1.29, 1.82) is 0 Å². The average Bonchev–Trinajstić information content (AvgIpc) is 2.96. The molecule has 0 bridgehead atoms. The minimum Gasteiger partial charge on any atom is -0.387 e. The van der Waals surface area contributed by atoms with Crippen LogP contribution in [0.5, 0.6) is 0 Å².